The highest BCUT2D eigenvalue weighted by Crippen LogP contribution is 2.16. The van der Waals surface area contributed by atoms with Gasteiger partial charge < -0.3 is 9.47 Å². The molecule has 2 rings (SSSR count). The van der Waals surface area contributed by atoms with Crippen LogP contribution in [-0.2, 0) is 0 Å². The Morgan fingerprint density at radius 3 is 2.29 bits per heavy atom. The van der Waals surface area contributed by atoms with Crippen molar-refractivity contribution in [3.63, 3.8) is 0 Å². The van der Waals surface area contributed by atoms with Gasteiger partial charge in [0.1, 0.15) is 23.9 Å². The summed E-state index contributed by atoms with van der Waals surface area (Å²) < 4.78 is 23.3. The summed E-state index contributed by atoms with van der Waals surface area (Å²) in [5.74, 6) is 0.0975. The lowest BCUT2D eigenvalue weighted by molar-refractivity contribution is 0.0734. The van der Waals surface area contributed by atoms with E-state index in [4.69, 9.17) is 9.47 Å². The van der Waals surface area contributed by atoms with Crippen LogP contribution in [0.3, 0.4) is 0 Å². The zero-order chi connectivity index (χ0) is 15.1. The molecule has 0 atom stereocenters. The van der Waals surface area contributed by atoms with E-state index in [0.717, 1.165) is 0 Å². The van der Waals surface area contributed by atoms with Crippen LogP contribution in [0.1, 0.15) is 17.3 Å². The maximum absolute atomic E-state index is 12.8. The third-order valence-electron chi connectivity index (χ3n) is 2.70. The first-order valence-electron chi connectivity index (χ1n) is 6.51. The van der Waals surface area contributed by atoms with E-state index in [2.05, 4.69) is 0 Å². The Balaban J connectivity index is 1.97. The van der Waals surface area contributed by atoms with Crippen LogP contribution in [0, 0.1) is 5.82 Å². The lowest BCUT2D eigenvalue weighted by Crippen LogP contribution is -2.08. The number of halogens is 1. The molecule has 0 unspecified atom stereocenters. The summed E-state index contributed by atoms with van der Waals surface area (Å²) in [6, 6.07) is 11.9. The van der Waals surface area contributed by atoms with E-state index in [1.807, 2.05) is 19.1 Å². The Labute approximate surface area is 122 Å². The number of allylic oxidation sites excluding steroid dienone is 1. The molecule has 0 spiro atoms. The van der Waals surface area contributed by atoms with Gasteiger partial charge in [-0.1, -0.05) is 12.2 Å². The fraction of sp³-hybridized carbons (Fsp3) is 0.118. The number of carbonyl (C=O) groups excluding carboxylic acids is 1. The van der Waals surface area contributed by atoms with Crippen molar-refractivity contribution in [2.24, 2.45) is 0 Å². The lowest BCUT2D eigenvalue weighted by atomic mass is 10.2. The second-order valence-corrected chi connectivity index (χ2v) is 4.25. The highest BCUT2D eigenvalue weighted by atomic mass is 19.1. The second-order valence-electron chi connectivity index (χ2n) is 4.25. The van der Waals surface area contributed by atoms with Crippen molar-refractivity contribution in [3.8, 4) is 11.5 Å². The molecule has 2 aromatic carbocycles. The van der Waals surface area contributed by atoms with Crippen molar-refractivity contribution in [2.75, 3.05) is 6.61 Å². The molecular weight excluding hydrogens is 271 g/mol. The van der Waals surface area contributed by atoms with Gasteiger partial charge in [0.05, 0.1) is 5.56 Å². The van der Waals surface area contributed by atoms with E-state index in [-0.39, 0.29) is 5.82 Å². The summed E-state index contributed by atoms with van der Waals surface area (Å²) in [5, 5.41) is 0. The molecule has 21 heavy (non-hydrogen) atoms. The molecule has 0 saturated heterocycles. The van der Waals surface area contributed by atoms with E-state index in [9.17, 15) is 9.18 Å². The molecule has 0 N–H and O–H groups in total. The molecule has 3 nitrogen and oxygen atoms in total. The quantitative estimate of drug-likeness (QED) is 0.473. The number of benzene rings is 2. The predicted octanol–water partition coefficient (Wildman–Crippen LogP) is 4.00. The van der Waals surface area contributed by atoms with Crippen molar-refractivity contribution < 1.29 is 18.7 Å². The summed E-state index contributed by atoms with van der Waals surface area (Å²) in [7, 11) is 0. The summed E-state index contributed by atoms with van der Waals surface area (Å²) >= 11 is 0. The van der Waals surface area contributed by atoms with Crippen LogP contribution in [0.25, 0.3) is 0 Å². The van der Waals surface area contributed by atoms with Crippen LogP contribution in [0.15, 0.2) is 60.7 Å². The number of rotatable bonds is 5. The zero-order valence-corrected chi connectivity index (χ0v) is 11.6. The zero-order valence-electron chi connectivity index (χ0n) is 11.6. The minimum atomic E-state index is -0.499. The van der Waals surface area contributed by atoms with Crippen LogP contribution >= 0.6 is 0 Å². The average molecular weight is 286 g/mol. The van der Waals surface area contributed by atoms with Crippen molar-refractivity contribution in [1.82, 2.24) is 0 Å². The van der Waals surface area contributed by atoms with E-state index >= 15 is 0 Å². The maximum atomic E-state index is 12.8. The maximum Gasteiger partial charge on any atom is 0.343 e. The third kappa shape index (κ3) is 4.45. The molecule has 0 radical (unpaired) electrons. The summed E-state index contributed by atoms with van der Waals surface area (Å²) in [4.78, 5) is 11.9. The third-order valence-corrected chi connectivity index (χ3v) is 2.70. The molecule has 0 fully saturated rings. The van der Waals surface area contributed by atoms with Gasteiger partial charge in [0.25, 0.3) is 0 Å². The first-order valence-corrected chi connectivity index (χ1v) is 6.51. The number of ether oxygens (including phenoxy) is 2. The van der Waals surface area contributed by atoms with Crippen LogP contribution in [-0.4, -0.2) is 12.6 Å². The lowest BCUT2D eigenvalue weighted by Gasteiger charge is -2.06. The van der Waals surface area contributed by atoms with Gasteiger partial charge >= 0.3 is 5.97 Å². The Kier molecular flexibility index (Phi) is 5.10. The second kappa shape index (κ2) is 7.24. The van der Waals surface area contributed by atoms with Crippen LogP contribution in [0.4, 0.5) is 4.39 Å². The van der Waals surface area contributed by atoms with E-state index in [1.165, 1.54) is 24.3 Å². The molecule has 0 amide bonds. The summed E-state index contributed by atoms with van der Waals surface area (Å²) in [5.41, 5.74) is 0.401. The highest BCUT2D eigenvalue weighted by Gasteiger charge is 2.08. The van der Waals surface area contributed by atoms with E-state index < -0.39 is 5.97 Å². The minimum Gasteiger partial charge on any atom is -0.490 e. The molecule has 108 valence electrons. The molecule has 0 heterocycles. The number of carbonyl (C=O) groups is 1. The van der Waals surface area contributed by atoms with Crippen molar-refractivity contribution in [3.05, 3.63) is 72.1 Å². The first kappa shape index (κ1) is 14.8. The normalized spacial score (nSPS) is 10.6. The molecule has 0 saturated carbocycles. The van der Waals surface area contributed by atoms with Gasteiger partial charge in [-0.3, -0.25) is 0 Å². The molecular formula is C17H15FO3. The fourth-order valence-corrected chi connectivity index (χ4v) is 1.60. The SMILES string of the molecule is C/C=C/COc1ccc(C(=O)Oc2ccc(F)cc2)cc1. The fourth-order valence-electron chi connectivity index (χ4n) is 1.60. The van der Waals surface area contributed by atoms with Crippen LogP contribution < -0.4 is 9.47 Å². The largest absolute Gasteiger partial charge is 0.490 e. The predicted molar refractivity (Wildman–Crippen MR) is 78.1 cm³/mol. The van der Waals surface area contributed by atoms with Crippen LogP contribution in [0.2, 0.25) is 0 Å². The average Bonchev–Trinajstić information content (AvgIpc) is 2.50. The molecule has 0 aliphatic rings. The Morgan fingerprint density at radius 1 is 1.05 bits per heavy atom. The number of esters is 1. The Bertz CT molecular complexity index is 615. The molecule has 0 aliphatic carbocycles. The van der Waals surface area contributed by atoms with Gasteiger partial charge in [0.15, 0.2) is 0 Å². The number of hydrogen-bond acceptors (Lipinski definition) is 3. The van der Waals surface area contributed by atoms with Gasteiger partial charge in [-0.05, 0) is 55.5 Å². The smallest absolute Gasteiger partial charge is 0.343 e. The Morgan fingerprint density at radius 2 is 1.67 bits per heavy atom. The first-order chi connectivity index (χ1) is 10.2. The van der Waals surface area contributed by atoms with Gasteiger partial charge in [-0.2, -0.15) is 0 Å². The van der Waals surface area contributed by atoms with Gasteiger partial charge in [-0.25, -0.2) is 9.18 Å². The minimum absolute atomic E-state index is 0.301. The monoisotopic (exact) mass is 286 g/mol. The van der Waals surface area contributed by atoms with Crippen molar-refractivity contribution in [2.45, 2.75) is 6.92 Å². The van der Waals surface area contributed by atoms with E-state index in [1.54, 1.807) is 24.3 Å². The summed E-state index contributed by atoms with van der Waals surface area (Å²) in [6.07, 6.45) is 3.78. The molecule has 2 aromatic rings. The highest BCUT2D eigenvalue weighted by molar-refractivity contribution is 5.91. The molecule has 0 aliphatic heterocycles. The topological polar surface area (TPSA) is 35.5 Å². The standard InChI is InChI=1S/C17H15FO3/c1-2-3-12-20-15-8-4-13(5-9-15)17(19)21-16-10-6-14(18)7-11-16/h2-11H,12H2,1H3/b3-2+. The van der Waals surface area contributed by atoms with E-state index in [0.29, 0.717) is 23.7 Å². The molecule has 4 heteroatoms. The van der Waals surface area contributed by atoms with Gasteiger partial charge in [0, 0.05) is 0 Å². The number of hydrogen-bond donors (Lipinski definition) is 0. The van der Waals surface area contributed by atoms with Crippen molar-refractivity contribution in [1.29, 1.82) is 0 Å². The molecule has 0 aromatic heterocycles. The Hall–Kier alpha value is -2.62. The summed E-state index contributed by atoms with van der Waals surface area (Å²) in [6.45, 7) is 2.40. The van der Waals surface area contributed by atoms with Gasteiger partial charge in [-0.15, -0.1) is 0 Å². The van der Waals surface area contributed by atoms with Crippen LogP contribution in [0.5, 0.6) is 11.5 Å². The van der Waals surface area contributed by atoms with Crippen molar-refractivity contribution >= 4 is 5.97 Å². The molecule has 0 bridgehead atoms. The van der Waals surface area contributed by atoms with Gasteiger partial charge in [0.2, 0.25) is 0 Å².